The summed E-state index contributed by atoms with van der Waals surface area (Å²) < 4.78 is 0. The molecule has 0 fully saturated rings. The molecule has 0 aliphatic rings. The van der Waals surface area contributed by atoms with Gasteiger partial charge in [0, 0.05) is 0 Å². The van der Waals surface area contributed by atoms with Crippen LogP contribution >= 0.6 is 11.6 Å². The molecule has 0 heterocycles. The minimum Gasteiger partial charge on any atom is -0.358 e. The monoisotopic (exact) mass is 290 g/mol. The number of carbonyl (C=O) groups excluding carboxylic acids is 1. The Morgan fingerprint density at radius 2 is 1.86 bits per heavy atom. The summed E-state index contributed by atoms with van der Waals surface area (Å²) in [4.78, 5) is 9.52. The second-order valence-electron chi connectivity index (χ2n) is 0.605. The Hall–Kier alpha value is 0.648. The first-order chi connectivity index (χ1) is 2.27. The first-order valence-electron chi connectivity index (χ1n) is 1.25. The van der Waals surface area contributed by atoms with Crippen molar-refractivity contribution in [1.82, 2.24) is 0 Å². The molecule has 0 amide bonds. The van der Waals surface area contributed by atoms with Crippen LogP contribution in [0.2, 0.25) is 0 Å². The van der Waals surface area contributed by atoms with E-state index in [-0.39, 0.29) is 40.2 Å². The Balaban J connectivity index is -0.0000000800. The molecule has 0 atom stereocenters. The van der Waals surface area contributed by atoms with Crippen molar-refractivity contribution in [3.63, 3.8) is 0 Å². The van der Waals surface area contributed by atoms with Crippen LogP contribution in [0.5, 0.6) is 0 Å². The predicted molar refractivity (Wildman–Crippen MR) is 27.2 cm³/mol. The maximum Gasteiger partial charge on any atom is 2.00 e. The van der Waals surface area contributed by atoms with Crippen LogP contribution in [-0.4, -0.2) is 5.24 Å². The van der Waals surface area contributed by atoms with E-state index in [1.165, 1.54) is 0 Å². The van der Waals surface area contributed by atoms with Gasteiger partial charge in [-0.1, -0.05) is 0 Å². The molecule has 0 saturated heterocycles. The van der Waals surface area contributed by atoms with Crippen molar-refractivity contribution in [2.75, 3.05) is 0 Å². The van der Waals surface area contributed by atoms with E-state index in [4.69, 9.17) is 11.6 Å². The molecule has 3 heteroatoms. The van der Waals surface area contributed by atoms with Crippen molar-refractivity contribution < 1.29 is 25.9 Å². The normalized spacial score (nSPS) is 5.43. The van der Waals surface area contributed by atoms with Gasteiger partial charge in [-0.25, -0.2) is 0 Å². The number of carbonyl (C=O) groups is 1. The van der Waals surface area contributed by atoms with Crippen molar-refractivity contribution in [1.29, 1.82) is 0 Å². The van der Waals surface area contributed by atoms with E-state index in [2.05, 4.69) is 6.92 Å². The molecular formula is C4H7ClOW. The van der Waals surface area contributed by atoms with Crippen molar-refractivity contribution in [3.05, 3.63) is 14.4 Å². The van der Waals surface area contributed by atoms with Crippen LogP contribution in [0.4, 0.5) is 0 Å². The molecule has 1 nitrogen and oxygen atoms in total. The van der Waals surface area contributed by atoms with Gasteiger partial charge in [0.05, 0.1) is 0 Å². The van der Waals surface area contributed by atoms with Crippen LogP contribution in [0.15, 0.2) is 0 Å². The van der Waals surface area contributed by atoms with E-state index in [9.17, 15) is 4.79 Å². The summed E-state index contributed by atoms with van der Waals surface area (Å²) in [5.74, 6) is 0. The summed E-state index contributed by atoms with van der Waals surface area (Å²) in [7, 11) is 0. The third-order valence-corrected chi connectivity index (χ3v) is 0.386. The standard InChI is InChI=1S/C3H4ClO.CH3.W/c1-2-3(4)5;;/h1-2H2;1H3;/q2*-1;+2. The molecule has 42 valence electrons. The van der Waals surface area contributed by atoms with Gasteiger partial charge in [0.25, 0.3) is 0 Å². The smallest absolute Gasteiger partial charge is 0.358 e. The average Bonchev–Trinajstić information content (AvgIpc) is 1.38. The van der Waals surface area contributed by atoms with Crippen LogP contribution in [-0.2, 0) is 25.9 Å². The maximum absolute atomic E-state index is 9.52. The zero-order valence-electron chi connectivity index (χ0n) is 4.11. The Kier molecular flexibility index (Phi) is 21.9. The molecule has 0 unspecified atom stereocenters. The number of rotatable bonds is 1. The van der Waals surface area contributed by atoms with Gasteiger partial charge >= 0.3 is 21.1 Å². The van der Waals surface area contributed by atoms with Gasteiger partial charge in [-0.2, -0.15) is 0 Å². The summed E-state index contributed by atoms with van der Waals surface area (Å²) in [6.07, 6.45) is 0.182. The summed E-state index contributed by atoms with van der Waals surface area (Å²) >= 11 is 4.76. The molecule has 0 bridgehead atoms. The van der Waals surface area contributed by atoms with Crippen molar-refractivity contribution in [2.24, 2.45) is 0 Å². The fraction of sp³-hybridized carbons (Fsp3) is 0.250. The van der Waals surface area contributed by atoms with Gasteiger partial charge in [-0.3, -0.25) is 4.79 Å². The van der Waals surface area contributed by atoms with E-state index in [1.54, 1.807) is 0 Å². The van der Waals surface area contributed by atoms with Crippen LogP contribution < -0.4 is 0 Å². The van der Waals surface area contributed by atoms with Gasteiger partial charge in [-0.05, 0) is 11.6 Å². The molecule has 0 aromatic rings. The van der Waals surface area contributed by atoms with E-state index < -0.39 is 0 Å². The van der Waals surface area contributed by atoms with Crippen molar-refractivity contribution >= 4 is 16.8 Å². The zero-order chi connectivity index (χ0) is 4.28. The topological polar surface area (TPSA) is 17.1 Å². The molecule has 7 heavy (non-hydrogen) atoms. The number of hydrogen-bond acceptors (Lipinski definition) is 1. The maximum atomic E-state index is 9.52. The largest absolute Gasteiger partial charge is 2.00 e. The van der Waals surface area contributed by atoms with E-state index in [0.29, 0.717) is 0 Å². The Morgan fingerprint density at radius 1 is 1.71 bits per heavy atom. The third-order valence-electron chi connectivity index (χ3n) is 0.197. The molecule has 0 spiro atoms. The second kappa shape index (κ2) is 9.82. The fourth-order valence-corrected chi connectivity index (χ4v) is 0. The van der Waals surface area contributed by atoms with Gasteiger partial charge in [0.1, 0.15) is 0 Å². The summed E-state index contributed by atoms with van der Waals surface area (Å²) in [5.41, 5.74) is 0. The third kappa shape index (κ3) is 20.5. The Bertz CT molecular complexity index is 47.0. The molecule has 0 N–H and O–H groups in total. The van der Waals surface area contributed by atoms with Crippen LogP contribution in [0, 0.1) is 14.4 Å². The molecule has 0 aromatic carbocycles. The molecule has 0 aromatic heterocycles. The van der Waals surface area contributed by atoms with E-state index in [0.717, 1.165) is 0 Å². The minimum absolute atomic E-state index is 0. The van der Waals surface area contributed by atoms with Crippen molar-refractivity contribution in [2.45, 2.75) is 6.42 Å². The predicted octanol–water partition coefficient (Wildman–Crippen LogP) is 1.42. The molecule has 0 rings (SSSR count). The summed E-state index contributed by atoms with van der Waals surface area (Å²) in [6, 6.07) is 0. The Morgan fingerprint density at radius 3 is 1.86 bits per heavy atom. The zero-order valence-corrected chi connectivity index (χ0v) is 7.80. The Labute approximate surface area is 63.7 Å². The second-order valence-corrected chi connectivity index (χ2v) is 1.03. The quantitative estimate of drug-likeness (QED) is 0.527. The minimum atomic E-state index is -0.384. The molecular weight excluding hydrogens is 283 g/mol. The van der Waals surface area contributed by atoms with E-state index in [1.807, 2.05) is 0 Å². The van der Waals surface area contributed by atoms with Crippen molar-refractivity contribution in [3.8, 4) is 0 Å². The fourth-order valence-electron chi connectivity index (χ4n) is 0. The molecule has 0 aliphatic carbocycles. The van der Waals surface area contributed by atoms with Gasteiger partial charge in [0.15, 0.2) is 5.24 Å². The SMILES string of the molecule is [CH2-]CC(=O)Cl.[CH3-].[W+2]. The number of hydrogen-bond donors (Lipinski definition) is 0. The summed E-state index contributed by atoms with van der Waals surface area (Å²) in [6.45, 7) is 3.20. The van der Waals surface area contributed by atoms with Gasteiger partial charge in [-0.15, -0.1) is 6.42 Å². The average molecular weight is 290 g/mol. The molecule has 0 radical (unpaired) electrons. The summed E-state index contributed by atoms with van der Waals surface area (Å²) in [5, 5.41) is -0.384. The van der Waals surface area contributed by atoms with Gasteiger partial charge in [0.2, 0.25) is 0 Å². The molecule has 0 aliphatic heterocycles. The van der Waals surface area contributed by atoms with Crippen LogP contribution in [0.1, 0.15) is 6.42 Å². The number of halogens is 1. The van der Waals surface area contributed by atoms with Crippen LogP contribution in [0.3, 0.4) is 0 Å². The molecule has 0 saturated carbocycles. The van der Waals surface area contributed by atoms with Gasteiger partial charge < -0.3 is 14.4 Å². The van der Waals surface area contributed by atoms with Crippen LogP contribution in [0.25, 0.3) is 0 Å². The van der Waals surface area contributed by atoms with E-state index >= 15 is 0 Å². The first kappa shape index (κ1) is 15.6. The first-order valence-corrected chi connectivity index (χ1v) is 1.62.